The predicted octanol–water partition coefficient (Wildman–Crippen LogP) is 4.14. The second-order valence-electron chi connectivity index (χ2n) is 11.1. The number of amides is 1. The van der Waals surface area contributed by atoms with Gasteiger partial charge in [-0.2, -0.15) is 0 Å². The van der Waals surface area contributed by atoms with Crippen LogP contribution in [0.2, 0.25) is 0 Å². The maximum absolute atomic E-state index is 12.8. The van der Waals surface area contributed by atoms with Crippen molar-refractivity contribution in [2.45, 2.75) is 51.2 Å². The molecule has 1 amide bonds. The van der Waals surface area contributed by atoms with Crippen molar-refractivity contribution in [1.82, 2.24) is 9.88 Å². The molecule has 7 nitrogen and oxygen atoms in total. The Morgan fingerprint density at radius 3 is 2.43 bits per heavy atom. The number of nitrogens with zero attached hydrogens (tertiary/aromatic N) is 3. The molecule has 3 aliphatic heterocycles. The lowest BCUT2D eigenvalue weighted by Gasteiger charge is -2.56. The molecule has 7 heteroatoms. The van der Waals surface area contributed by atoms with Crippen LogP contribution in [0.15, 0.2) is 42.7 Å². The van der Waals surface area contributed by atoms with Gasteiger partial charge in [0.1, 0.15) is 11.7 Å². The van der Waals surface area contributed by atoms with Gasteiger partial charge in [0.25, 0.3) is 0 Å². The molecule has 35 heavy (non-hydrogen) atoms. The van der Waals surface area contributed by atoms with Crippen molar-refractivity contribution in [3.63, 3.8) is 0 Å². The Kier molecular flexibility index (Phi) is 6.36. The highest BCUT2D eigenvalue weighted by atomic mass is 16.6. The Labute approximate surface area is 208 Å². The number of anilines is 1. The monoisotopic (exact) mass is 479 g/mol. The van der Waals surface area contributed by atoms with E-state index >= 15 is 0 Å². The number of hydrogen-bond donors (Lipinski definition) is 1. The first kappa shape index (κ1) is 24.2. The van der Waals surface area contributed by atoms with Gasteiger partial charge in [0.2, 0.25) is 0 Å². The Morgan fingerprint density at radius 2 is 1.80 bits per heavy atom. The molecule has 2 aromatic rings. The van der Waals surface area contributed by atoms with E-state index in [4.69, 9.17) is 9.47 Å². The summed E-state index contributed by atoms with van der Waals surface area (Å²) in [6.07, 6.45) is 4.75. The normalized spacial score (nSPS) is 24.8. The van der Waals surface area contributed by atoms with E-state index in [-0.39, 0.29) is 12.2 Å². The van der Waals surface area contributed by atoms with Crippen LogP contribution < -0.4 is 4.90 Å². The summed E-state index contributed by atoms with van der Waals surface area (Å²) in [6.45, 7) is 9.90. The molecule has 3 aliphatic rings. The van der Waals surface area contributed by atoms with E-state index in [0.717, 1.165) is 31.5 Å². The molecule has 0 radical (unpaired) electrons. The van der Waals surface area contributed by atoms with Crippen molar-refractivity contribution in [2.75, 3.05) is 44.8 Å². The van der Waals surface area contributed by atoms with Crippen LogP contribution >= 0.6 is 0 Å². The summed E-state index contributed by atoms with van der Waals surface area (Å²) in [5.74, 6) is 0.729. The molecule has 2 atom stereocenters. The highest BCUT2D eigenvalue weighted by Crippen LogP contribution is 2.50. The van der Waals surface area contributed by atoms with Crippen molar-refractivity contribution >= 4 is 11.8 Å². The van der Waals surface area contributed by atoms with Gasteiger partial charge in [0.15, 0.2) is 0 Å². The number of carbonyl (C=O) groups excluding carboxylic acids is 1. The van der Waals surface area contributed by atoms with Crippen LogP contribution in [0.4, 0.5) is 10.5 Å². The van der Waals surface area contributed by atoms with E-state index in [1.807, 2.05) is 18.2 Å². The van der Waals surface area contributed by atoms with Gasteiger partial charge in [-0.25, -0.2) is 4.79 Å². The van der Waals surface area contributed by atoms with Crippen molar-refractivity contribution in [2.24, 2.45) is 11.3 Å². The minimum atomic E-state index is -1.25. The first-order chi connectivity index (χ1) is 16.7. The van der Waals surface area contributed by atoms with Gasteiger partial charge in [0, 0.05) is 49.4 Å². The van der Waals surface area contributed by atoms with Crippen molar-refractivity contribution in [3.8, 4) is 0 Å². The maximum atomic E-state index is 12.8. The van der Waals surface area contributed by atoms with Crippen molar-refractivity contribution in [1.29, 1.82) is 0 Å². The average Bonchev–Trinajstić information content (AvgIpc) is 3.25. The zero-order valence-electron chi connectivity index (χ0n) is 21.2. The molecular formula is C28H37N3O4. The minimum absolute atomic E-state index is 0.143. The molecular weight excluding hydrogens is 442 g/mol. The fourth-order valence-electron chi connectivity index (χ4n) is 6.15. The Bertz CT molecular complexity index is 1060. The number of aliphatic hydroxyl groups is 1. The van der Waals surface area contributed by atoms with Gasteiger partial charge in [-0.05, 0) is 43.0 Å². The van der Waals surface area contributed by atoms with Crippen LogP contribution in [0.3, 0.4) is 0 Å². The van der Waals surface area contributed by atoms with E-state index in [1.165, 1.54) is 5.56 Å². The van der Waals surface area contributed by atoms with Crippen LogP contribution in [-0.4, -0.2) is 67.1 Å². The summed E-state index contributed by atoms with van der Waals surface area (Å²) < 4.78 is 11.2. The van der Waals surface area contributed by atoms with Crippen LogP contribution in [-0.2, 0) is 15.1 Å². The molecule has 1 N–H and O–H groups in total. The fourth-order valence-corrected chi connectivity index (χ4v) is 6.15. The lowest BCUT2D eigenvalue weighted by atomic mass is 9.62. The van der Waals surface area contributed by atoms with E-state index < -0.39 is 11.0 Å². The summed E-state index contributed by atoms with van der Waals surface area (Å²) in [7, 11) is 2.06. The van der Waals surface area contributed by atoms with Crippen LogP contribution in [0.1, 0.15) is 56.2 Å². The molecule has 3 saturated heterocycles. The van der Waals surface area contributed by atoms with Gasteiger partial charge in [-0.1, -0.05) is 45.0 Å². The van der Waals surface area contributed by atoms with Gasteiger partial charge in [0.05, 0.1) is 18.4 Å². The van der Waals surface area contributed by atoms with Crippen LogP contribution in [0.25, 0.3) is 0 Å². The Morgan fingerprint density at radius 1 is 1.11 bits per heavy atom. The third kappa shape index (κ3) is 4.24. The number of ether oxygens (including phenoxy) is 2. The quantitative estimate of drug-likeness (QED) is 0.671. The van der Waals surface area contributed by atoms with E-state index in [9.17, 15) is 9.90 Å². The second kappa shape index (κ2) is 9.19. The van der Waals surface area contributed by atoms with E-state index in [0.29, 0.717) is 42.8 Å². The smallest absolute Gasteiger partial charge is 0.414 e. The first-order valence-electron chi connectivity index (χ1n) is 12.7. The highest BCUT2D eigenvalue weighted by Gasteiger charge is 2.55. The summed E-state index contributed by atoms with van der Waals surface area (Å²) >= 11 is 0. The second-order valence-corrected chi connectivity index (χ2v) is 11.1. The molecule has 0 saturated carbocycles. The molecule has 1 aromatic carbocycles. The third-order valence-corrected chi connectivity index (χ3v) is 8.19. The van der Waals surface area contributed by atoms with Gasteiger partial charge >= 0.3 is 6.09 Å². The van der Waals surface area contributed by atoms with Crippen LogP contribution in [0, 0.1) is 11.3 Å². The molecule has 0 bridgehead atoms. The van der Waals surface area contributed by atoms with Crippen molar-refractivity contribution < 1.29 is 19.4 Å². The molecule has 188 valence electrons. The Balaban J connectivity index is 1.48. The zero-order valence-corrected chi connectivity index (χ0v) is 21.2. The number of benzene rings is 1. The molecule has 3 fully saturated rings. The molecule has 0 aliphatic carbocycles. The number of cyclic esters (lactones) is 1. The number of pyridine rings is 1. The predicted molar refractivity (Wildman–Crippen MR) is 135 cm³/mol. The summed E-state index contributed by atoms with van der Waals surface area (Å²) in [5.41, 5.74) is 1.80. The molecule has 5 rings (SSSR count). The molecule has 1 aromatic heterocycles. The van der Waals surface area contributed by atoms with E-state index in [1.54, 1.807) is 17.3 Å². The first-order valence-corrected chi connectivity index (χ1v) is 12.7. The highest BCUT2D eigenvalue weighted by molar-refractivity contribution is 5.89. The maximum Gasteiger partial charge on any atom is 0.414 e. The summed E-state index contributed by atoms with van der Waals surface area (Å²) in [6, 6.07) is 10.2. The van der Waals surface area contributed by atoms with E-state index in [2.05, 4.69) is 49.8 Å². The number of aromatic nitrogens is 1. The SMILES string of the molecule is CC(C)c1ccc([C@](O)(c2cncc(N3CC(C4CCOCC4)OC3=O)c2)C2(C)CN(C)C2)cc1. The van der Waals surface area contributed by atoms with Crippen molar-refractivity contribution in [3.05, 3.63) is 59.4 Å². The molecule has 0 spiro atoms. The topological polar surface area (TPSA) is 75.1 Å². The number of rotatable bonds is 6. The number of hydrogen-bond acceptors (Lipinski definition) is 6. The van der Waals surface area contributed by atoms with Gasteiger partial charge < -0.3 is 19.5 Å². The lowest BCUT2D eigenvalue weighted by Crippen LogP contribution is -2.63. The Hall–Kier alpha value is -2.48. The largest absolute Gasteiger partial charge is 0.444 e. The molecule has 4 heterocycles. The third-order valence-electron chi connectivity index (χ3n) is 8.19. The lowest BCUT2D eigenvalue weighted by molar-refractivity contribution is -0.127. The minimum Gasteiger partial charge on any atom is -0.444 e. The fraction of sp³-hybridized carbons (Fsp3) is 0.571. The number of carbonyl (C=O) groups is 1. The zero-order chi connectivity index (χ0) is 24.8. The number of likely N-dealkylation sites (tertiary alicyclic amines) is 1. The van der Waals surface area contributed by atoms with Gasteiger partial charge in [-0.15, -0.1) is 0 Å². The summed E-state index contributed by atoms with van der Waals surface area (Å²) in [4.78, 5) is 21.2. The summed E-state index contributed by atoms with van der Waals surface area (Å²) in [5, 5.41) is 12.5. The van der Waals surface area contributed by atoms with Crippen LogP contribution in [0.5, 0.6) is 0 Å². The molecule has 1 unspecified atom stereocenters. The standard InChI is InChI=1S/C28H37N3O4/c1-19(2)20-5-7-22(8-6-20)28(33,27(3)17-30(4)18-27)23-13-24(15-29-14-23)31-16-25(35-26(31)32)21-9-11-34-12-10-21/h5-8,13-15,19,21,25,33H,9-12,16-18H2,1-4H3/t25?,28-/m0/s1. The van der Waals surface area contributed by atoms with Gasteiger partial charge in [-0.3, -0.25) is 9.88 Å². The average molecular weight is 480 g/mol.